The van der Waals surface area contributed by atoms with Crippen LogP contribution < -0.4 is 5.73 Å². The van der Waals surface area contributed by atoms with Crippen LogP contribution in [-0.4, -0.2) is 23.4 Å². The highest BCUT2D eigenvalue weighted by atomic mass is 35.5. The number of hydrogen-bond donors (Lipinski definition) is 3. The highest BCUT2D eigenvalue weighted by Gasteiger charge is 2.03. The van der Waals surface area contributed by atoms with Crippen LogP contribution in [0, 0.1) is 0 Å². The molecule has 1 aromatic carbocycles. The third-order valence-electron chi connectivity index (χ3n) is 2.22. The number of benzene rings is 1. The minimum Gasteiger partial charge on any atom is -0.396 e. The Balaban J connectivity index is 0.00000225. The summed E-state index contributed by atoms with van der Waals surface area (Å²) < 4.78 is 0. The maximum absolute atomic E-state index is 8.75. The maximum atomic E-state index is 8.75. The van der Waals surface area contributed by atoms with Crippen molar-refractivity contribution in [2.24, 2.45) is 5.73 Å². The lowest BCUT2D eigenvalue weighted by Crippen LogP contribution is -2.11. The number of nitrogens with two attached hydrogens (primary N) is 1. The van der Waals surface area contributed by atoms with Gasteiger partial charge < -0.3 is 15.9 Å². The predicted molar refractivity (Wildman–Crippen MR) is 68.4 cm³/mol. The topological polar surface area (TPSA) is 66.5 Å². The zero-order chi connectivity index (χ0) is 11.1. The third-order valence-corrected chi connectivity index (χ3v) is 2.22. The Morgan fingerprint density at radius 2 is 1.81 bits per heavy atom. The Hall–Kier alpha value is -0.870. The van der Waals surface area contributed by atoms with Crippen molar-refractivity contribution in [3.8, 4) is 0 Å². The molecule has 0 heterocycles. The molecule has 1 rings (SSSR count). The van der Waals surface area contributed by atoms with Crippen molar-refractivity contribution in [2.75, 3.05) is 13.2 Å². The highest BCUT2D eigenvalue weighted by Crippen LogP contribution is 2.14. The number of aliphatic hydroxyl groups is 2. The van der Waals surface area contributed by atoms with E-state index in [0.29, 0.717) is 6.42 Å². The van der Waals surface area contributed by atoms with Crippen LogP contribution in [0.2, 0.25) is 0 Å². The van der Waals surface area contributed by atoms with Crippen LogP contribution in [0.15, 0.2) is 30.3 Å². The van der Waals surface area contributed by atoms with E-state index in [4.69, 9.17) is 15.9 Å². The van der Waals surface area contributed by atoms with Crippen LogP contribution in [0.1, 0.15) is 23.6 Å². The van der Waals surface area contributed by atoms with Gasteiger partial charge in [0.15, 0.2) is 0 Å². The summed E-state index contributed by atoms with van der Waals surface area (Å²) in [7, 11) is 0. The van der Waals surface area contributed by atoms with Crippen LogP contribution in [0.5, 0.6) is 0 Å². The molecular formula is C12H18ClNO2. The van der Waals surface area contributed by atoms with E-state index in [2.05, 4.69) is 0 Å². The van der Waals surface area contributed by atoms with Gasteiger partial charge in [-0.25, -0.2) is 0 Å². The minimum atomic E-state index is -0.106. The van der Waals surface area contributed by atoms with Gasteiger partial charge in [-0.3, -0.25) is 0 Å². The van der Waals surface area contributed by atoms with Gasteiger partial charge in [0.1, 0.15) is 0 Å². The molecule has 0 spiro atoms. The smallest absolute Gasteiger partial charge is 0.0615 e. The van der Waals surface area contributed by atoms with Gasteiger partial charge in [0.05, 0.1) is 6.61 Å². The van der Waals surface area contributed by atoms with Gasteiger partial charge in [0.25, 0.3) is 0 Å². The molecule has 0 saturated carbocycles. The quantitative estimate of drug-likeness (QED) is 0.734. The first-order chi connectivity index (χ1) is 7.27. The molecule has 0 aliphatic rings. The molecule has 4 heteroatoms. The van der Waals surface area contributed by atoms with Crippen molar-refractivity contribution in [3.05, 3.63) is 41.5 Å². The maximum Gasteiger partial charge on any atom is 0.0615 e. The van der Waals surface area contributed by atoms with Crippen LogP contribution in [0.4, 0.5) is 0 Å². The molecule has 0 aliphatic carbocycles. The fourth-order valence-electron chi connectivity index (χ4n) is 1.35. The lowest BCUT2D eigenvalue weighted by molar-refractivity contribution is 0.276. The summed E-state index contributed by atoms with van der Waals surface area (Å²) in [5.74, 6) is 0. The lowest BCUT2D eigenvalue weighted by atomic mass is 10.0. The van der Waals surface area contributed by atoms with E-state index in [0.717, 1.165) is 11.1 Å². The summed E-state index contributed by atoms with van der Waals surface area (Å²) >= 11 is 0. The normalized spacial score (nSPS) is 12.4. The number of rotatable bonds is 5. The van der Waals surface area contributed by atoms with Gasteiger partial charge in [-0.05, 0) is 17.5 Å². The van der Waals surface area contributed by atoms with Crippen molar-refractivity contribution in [1.29, 1.82) is 0 Å². The van der Waals surface area contributed by atoms with Gasteiger partial charge in [-0.2, -0.15) is 0 Å². The zero-order valence-electron chi connectivity index (χ0n) is 9.04. The first kappa shape index (κ1) is 15.1. The molecule has 0 bridgehead atoms. The van der Waals surface area contributed by atoms with Gasteiger partial charge >= 0.3 is 0 Å². The number of hydrogen-bond acceptors (Lipinski definition) is 3. The summed E-state index contributed by atoms with van der Waals surface area (Å²) in [4.78, 5) is 0. The SMILES string of the molecule is Cl.NC(CCO)c1ccc(/C=C/CO)cc1. The van der Waals surface area contributed by atoms with E-state index in [1.54, 1.807) is 6.08 Å². The van der Waals surface area contributed by atoms with Crippen molar-refractivity contribution < 1.29 is 10.2 Å². The molecule has 1 aromatic rings. The molecule has 0 aliphatic heterocycles. The molecule has 3 nitrogen and oxygen atoms in total. The van der Waals surface area contributed by atoms with Crippen molar-refractivity contribution in [3.63, 3.8) is 0 Å². The molecule has 0 radical (unpaired) electrons. The highest BCUT2D eigenvalue weighted by molar-refractivity contribution is 5.85. The molecule has 0 saturated heterocycles. The van der Waals surface area contributed by atoms with E-state index in [1.807, 2.05) is 30.3 Å². The Kier molecular flexibility index (Phi) is 7.85. The standard InChI is InChI=1S/C12H17NO2.ClH/c13-12(7-9-15)11-5-3-10(4-6-11)2-1-8-14;/h1-6,12,14-15H,7-9,13H2;1H/b2-1+;. The van der Waals surface area contributed by atoms with E-state index < -0.39 is 0 Å². The van der Waals surface area contributed by atoms with Gasteiger partial charge in [0.2, 0.25) is 0 Å². The Morgan fingerprint density at radius 1 is 1.19 bits per heavy atom. The van der Waals surface area contributed by atoms with E-state index in [1.165, 1.54) is 0 Å². The molecule has 1 atom stereocenters. The number of aliphatic hydroxyl groups excluding tert-OH is 2. The fraction of sp³-hybridized carbons (Fsp3) is 0.333. The van der Waals surface area contributed by atoms with E-state index >= 15 is 0 Å². The summed E-state index contributed by atoms with van der Waals surface area (Å²) in [5.41, 5.74) is 7.89. The van der Waals surface area contributed by atoms with Gasteiger partial charge in [-0.15, -0.1) is 12.4 Å². The molecule has 4 N–H and O–H groups in total. The first-order valence-electron chi connectivity index (χ1n) is 5.01. The van der Waals surface area contributed by atoms with Crippen molar-refractivity contribution >= 4 is 18.5 Å². The monoisotopic (exact) mass is 243 g/mol. The van der Waals surface area contributed by atoms with Crippen LogP contribution >= 0.6 is 12.4 Å². The van der Waals surface area contributed by atoms with Crippen LogP contribution in [0.25, 0.3) is 6.08 Å². The molecule has 0 aromatic heterocycles. The first-order valence-corrected chi connectivity index (χ1v) is 5.01. The molecule has 0 fully saturated rings. The van der Waals surface area contributed by atoms with Gasteiger partial charge in [-0.1, -0.05) is 36.4 Å². The van der Waals surface area contributed by atoms with Crippen molar-refractivity contribution in [1.82, 2.24) is 0 Å². The largest absolute Gasteiger partial charge is 0.396 e. The van der Waals surface area contributed by atoms with Crippen molar-refractivity contribution in [2.45, 2.75) is 12.5 Å². The Morgan fingerprint density at radius 3 is 2.31 bits per heavy atom. The molecule has 0 amide bonds. The summed E-state index contributed by atoms with van der Waals surface area (Å²) in [6.45, 7) is 0.152. The molecule has 1 unspecified atom stereocenters. The second-order valence-electron chi connectivity index (χ2n) is 3.37. The predicted octanol–water partition coefficient (Wildman–Crippen LogP) is 1.50. The molecule has 90 valence electrons. The Bertz CT molecular complexity index is 311. The third kappa shape index (κ3) is 4.77. The molecule has 16 heavy (non-hydrogen) atoms. The minimum absolute atomic E-state index is 0. The lowest BCUT2D eigenvalue weighted by Gasteiger charge is -2.10. The zero-order valence-corrected chi connectivity index (χ0v) is 9.86. The van der Waals surface area contributed by atoms with Crippen LogP contribution in [-0.2, 0) is 0 Å². The van der Waals surface area contributed by atoms with Gasteiger partial charge in [0, 0.05) is 12.6 Å². The van der Waals surface area contributed by atoms with E-state index in [-0.39, 0.29) is 31.7 Å². The average molecular weight is 244 g/mol. The number of halogens is 1. The summed E-state index contributed by atoms with van der Waals surface area (Å²) in [6, 6.07) is 7.66. The fourth-order valence-corrected chi connectivity index (χ4v) is 1.35. The molecular weight excluding hydrogens is 226 g/mol. The average Bonchev–Trinajstić information content (AvgIpc) is 2.27. The summed E-state index contributed by atoms with van der Waals surface area (Å²) in [5, 5.41) is 17.4. The van der Waals surface area contributed by atoms with Crippen LogP contribution in [0.3, 0.4) is 0 Å². The second-order valence-corrected chi connectivity index (χ2v) is 3.37. The summed E-state index contributed by atoms with van der Waals surface area (Å²) in [6.07, 6.45) is 4.11. The second kappa shape index (κ2) is 8.30. The van der Waals surface area contributed by atoms with E-state index in [9.17, 15) is 0 Å². The Labute approximate surface area is 102 Å².